The largest absolute Gasteiger partial charge is 0.467 e. The molecule has 7 heterocycles. The van der Waals surface area contributed by atoms with Gasteiger partial charge in [-0.15, -0.1) is 11.3 Å². The number of halogens is 3. The first-order valence-corrected chi connectivity index (χ1v) is 15.5. The van der Waals surface area contributed by atoms with Crippen LogP contribution in [-0.4, -0.2) is 63.6 Å². The Morgan fingerprint density at radius 1 is 1.09 bits per heavy atom. The maximum atomic E-state index is 14.8. The first-order valence-electron chi connectivity index (χ1n) is 14.6. The predicted octanol–water partition coefficient (Wildman–Crippen LogP) is 6.23. The molecule has 1 aromatic carbocycles. The van der Waals surface area contributed by atoms with E-state index in [-0.39, 0.29) is 29.1 Å². The average molecular weight is 610 g/mol. The van der Waals surface area contributed by atoms with Crippen molar-refractivity contribution < 1.29 is 22.6 Å². The Kier molecular flexibility index (Phi) is 6.28. The van der Waals surface area contributed by atoms with E-state index >= 15 is 0 Å². The molecule has 0 spiro atoms. The van der Waals surface area contributed by atoms with Crippen molar-refractivity contribution in [2.45, 2.75) is 63.5 Å². The zero-order chi connectivity index (χ0) is 29.5. The number of ether oxygens (including phenoxy) is 2. The summed E-state index contributed by atoms with van der Waals surface area (Å²) in [5, 5.41) is 10.2. The molecule has 3 atom stereocenters. The zero-order valence-electron chi connectivity index (χ0n) is 23.7. The van der Waals surface area contributed by atoms with Crippen LogP contribution in [0.1, 0.15) is 49.5 Å². The number of pyridine rings is 1. The molecule has 8 rings (SSSR count). The standard InChI is InChI=1S/C30H30F3N7O2S/c1-15-11-20-19(12-35-40(20)21-5-3-4-10-42-21)22(24(15)30(31,32)33)25-26-18(8-9-34-25)23-27(37-29(41-2)38-28(23)43-26)39-13-16-6-7-17(14-39)36-16/h8-9,11-12,16-17,21,36H,3-7,10,13-14H2,1-2H3. The van der Waals surface area contributed by atoms with Crippen LogP contribution in [0.3, 0.4) is 0 Å². The molecule has 0 saturated carbocycles. The summed E-state index contributed by atoms with van der Waals surface area (Å²) < 4.78 is 58.3. The van der Waals surface area contributed by atoms with Crippen molar-refractivity contribution >= 4 is 48.4 Å². The summed E-state index contributed by atoms with van der Waals surface area (Å²) in [6.45, 7) is 3.69. The number of aryl methyl sites for hydroxylation is 1. The molecule has 224 valence electrons. The fraction of sp³-hybridized carbons (Fsp3) is 0.467. The molecular weight excluding hydrogens is 579 g/mol. The molecule has 13 heteroatoms. The number of nitrogens with one attached hydrogen (secondary N) is 1. The van der Waals surface area contributed by atoms with Gasteiger partial charge in [0.1, 0.15) is 10.6 Å². The van der Waals surface area contributed by atoms with Crippen LogP contribution in [-0.2, 0) is 10.9 Å². The Hall–Kier alpha value is -3.55. The number of benzene rings is 1. The molecule has 0 amide bonds. The molecule has 3 aliphatic rings. The molecule has 0 aliphatic carbocycles. The smallest absolute Gasteiger partial charge is 0.417 e. The lowest BCUT2D eigenvalue weighted by atomic mass is 9.94. The van der Waals surface area contributed by atoms with Gasteiger partial charge in [0.15, 0.2) is 6.23 Å². The van der Waals surface area contributed by atoms with E-state index in [0.29, 0.717) is 39.1 Å². The van der Waals surface area contributed by atoms with E-state index in [9.17, 15) is 13.2 Å². The van der Waals surface area contributed by atoms with Gasteiger partial charge in [0.05, 0.1) is 40.2 Å². The van der Waals surface area contributed by atoms with Crippen LogP contribution in [0, 0.1) is 6.92 Å². The van der Waals surface area contributed by atoms with E-state index in [1.54, 1.807) is 16.9 Å². The number of rotatable bonds is 4. The van der Waals surface area contributed by atoms with Gasteiger partial charge in [-0.05, 0) is 56.7 Å². The lowest BCUT2D eigenvalue weighted by Crippen LogP contribution is -2.51. The molecule has 1 N–H and O–H groups in total. The van der Waals surface area contributed by atoms with Crippen LogP contribution in [0.15, 0.2) is 24.5 Å². The fourth-order valence-corrected chi connectivity index (χ4v) is 8.26. The molecule has 3 fully saturated rings. The number of fused-ring (bicyclic) bond motifs is 6. The minimum atomic E-state index is -4.61. The lowest BCUT2D eigenvalue weighted by Gasteiger charge is -2.34. The van der Waals surface area contributed by atoms with Crippen molar-refractivity contribution in [3.63, 3.8) is 0 Å². The summed E-state index contributed by atoms with van der Waals surface area (Å²) in [6, 6.07) is 4.41. The maximum absolute atomic E-state index is 14.8. The SMILES string of the molecule is COc1nc(N2CC3CCC(C2)N3)c2c(n1)sc1c(-c3c(C(F)(F)F)c(C)cc4c3cnn4C3CCCCO3)nccc12. The van der Waals surface area contributed by atoms with E-state index in [4.69, 9.17) is 14.5 Å². The van der Waals surface area contributed by atoms with Crippen molar-refractivity contribution in [1.82, 2.24) is 30.0 Å². The number of aromatic nitrogens is 5. The molecule has 3 saturated heterocycles. The number of thiophene rings is 1. The van der Waals surface area contributed by atoms with E-state index in [0.717, 1.165) is 61.8 Å². The molecule has 3 unspecified atom stereocenters. The number of piperazine rings is 1. The van der Waals surface area contributed by atoms with Crippen LogP contribution in [0.4, 0.5) is 19.0 Å². The molecule has 0 radical (unpaired) electrons. The first kappa shape index (κ1) is 27.0. The number of hydrogen-bond acceptors (Lipinski definition) is 9. The van der Waals surface area contributed by atoms with E-state index in [1.807, 2.05) is 6.07 Å². The van der Waals surface area contributed by atoms with Gasteiger partial charge in [-0.2, -0.15) is 28.2 Å². The predicted molar refractivity (Wildman–Crippen MR) is 159 cm³/mol. The Balaban J connectivity index is 1.39. The number of hydrogen-bond donors (Lipinski definition) is 1. The second kappa shape index (κ2) is 10.00. The molecule has 3 aliphatic heterocycles. The second-order valence-electron chi connectivity index (χ2n) is 11.7. The van der Waals surface area contributed by atoms with Crippen LogP contribution in [0.2, 0.25) is 0 Å². The van der Waals surface area contributed by atoms with Crippen LogP contribution >= 0.6 is 11.3 Å². The van der Waals surface area contributed by atoms with Crippen LogP contribution in [0.5, 0.6) is 6.01 Å². The highest BCUT2D eigenvalue weighted by molar-refractivity contribution is 7.26. The normalized spacial score (nSPS) is 22.7. The maximum Gasteiger partial charge on any atom is 0.417 e. The van der Waals surface area contributed by atoms with E-state index < -0.39 is 11.7 Å². The van der Waals surface area contributed by atoms with Gasteiger partial charge in [-0.3, -0.25) is 4.98 Å². The van der Waals surface area contributed by atoms with Gasteiger partial charge in [-0.25, -0.2) is 4.68 Å². The highest BCUT2D eigenvalue weighted by atomic mass is 32.1. The summed E-state index contributed by atoms with van der Waals surface area (Å²) in [5.41, 5.74) is 0.306. The second-order valence-corrected chi connectivity index (χ2v) is 12.7. The number of alkyl halides is 3. The van der Waals surface area contributed by atoms with Gasteiger partial charge in [0, 0.05) is 54.3 Å². The molecular formula is C30H30F3N7O2S. The van der Waals surface area contributed by atoms with Crippen LogP contribution in [0.25, 0.3) is 42.5 Å². The zero-order valence-corrected chi connectivity index (χ0v) is 24.6. The monoisotopic (exact) mass is 609 g/mol. The van der Waals surface area contributed by atoms with Gasteiger partial charge < -0.3 is 19.7 Å². The van der Waals surface area contributed by atoms with Gasteiger partial charge >= 0.3 is 12.2 Å². The summed E-state index contributed by atoms with van der Waals surface area (Å²) in [5.74, 6) is 0.747. The minimum Gasteiger partial charge on any atom is -0.467 e. The van der Waals surface area contributed by atoms with Gasteiger partial charge in [-0.1, -0.05) is 0 Å². The van der Waals surface area contributed by atoms with Crippen molar-refractivity contribution in [3.05, 3.63) is 35.7 Å². The van der Waals surface area contributed by atoms with Gasteiger partial charge in [0.2, 0.25) is 0 Å². The summed E-state index contributed by atoms with van der Waals surface area (Å²) in [7, 11) is 1.53. The first-order chi connectivity index (χ1) is 20.8. The Bertz CT molecular complexity index is 1870. The van der Waals surface area contributed by atoms with Crippen molar-refractivity contribution in [2.24, 2.45) is 0 Å². The Labute approximate surface area is 249 Å². The van der Waals surface area contributed by atoms with E-state index in [2.05, 4.69) is 25.3 Å². The minimum absolute atomic E-state index is 0.0309. The van der Waals surface area contributed by atoms with Crippen molar-refractivity contribution in [2.75, 3.05) is 31.7 Å². The number of methoxy groups -OCH3 is 1. The third kappa shape index (κ3) is 4.34. The van der Waals surface area contributed by atoms with Crippen molar-refractivity contribution in [3.8, 4) is 17.3 Å². The molecule has 43 heavy (non-hydrogen) atoms. The number of anilines is 1. The third-order valence-corrected chi connectivity index (χ3v) is 10.1. The molecule has 5 aromatic rings. The molecule has 9 nitrogen and oxygen atoms in total. The van der Waals surface area contributed by atoms with E-state index in [1.165, 1.54) is 31.6 Å². The highest BCUT2D eigenvalue weighted by Gasteiger charge is 2.39. The summed E-state index contributed by atoms with van der Waals surface area (Å²) >= 11 is 1.32. The average Bonchev–Trinajstić information content (AvgIpc) is 3.69. The lowest BCUT2D eigenvalue weighted by molar-refractivity contribution is -0.137. The summed E-state index contributed by atoms with van der Waals surface area (Å²) in [4.78, 5) is 17.0. The highest BCUT2D eigenvalue weighted by Crippen LogP contribution is 2.48. The summed E-state index contributed by atoms with van der Waals surface area (Å²) in [6.07, 6.45) is 3.09. The Morgan fingerprint density at radius 3 is 2.63 bits per heavy atom. The Morgan fingerprint density at radius 2 is 1.91 bits per heavy atom. The van der Waals surface area contributed by atoms with Gasteiger partial charge in [0.25, 0.3) is 0 Å². The molecule has 2 bridgehead atoms. The quantitative estimate of drug-likeness (QED) is 0.257. The van der Waals surface area contributed by atoms with Crippen LogP contribution < -0.4 is 15.0 Å². The third-order valence-electron chi connectivity index (χ3n) is 8.96. The molecule has 4 aromatic heterocycles. The number of nitrogens with zero attached hydrogens (tertiary/aromatic N) is 6. The van der Waals surface area contributed by atoms with Crippen molar-refractivity contribution in [1.29, 1.82) is 0 Å². The topological polar surface area (TPSA) is 90.2 Å². The fourth-order valence-electron chi connectivity index (χ4n) is 7.11.